The molecule has 1 fully saturated rings. The van der Waals surface area contributed by atoms with E-state index >= 15 is 0 Å². The van der Waals surface area contributed by atoms with Crippen LogP contribution in [0.2, 0.25) is 0 Å². The Labute approximate surface area is 113 Å². The first-order chi connectivity index (χ1) is 9.42. The molecule has 0 N–H and O–H groups in total. The van der Waals surface area contributed by atoms with E-state index in [0.29, 0.717) is 6.61 Å². The Balaban J connectivity index is 1.58. The van der Waals surface area contributed by atoms with E-state index in [1.807, 2.05) is 36.4 Å². The van der Waals surface area contributed by atoms with E-state index in [0.717, 1.165) is 30.4 Å². The first kappa shape index (κ1) is 12.1. The van der Waals surface area contributed by atoms with Gasteiger partial charge in [0, 0.05) is 19.2 Å². The van der Waals surface area contributed by atoms with Gasteiger partial charge in [-0.3, -0.25) is 0 Å². The van der Waals surface area contributed by atoms with Crippen LogP contribution in [0.1, 0.15) is 25.0 Å². The third-order valence-electron chi connectivity index (χ3n) is 3.35. The second-order valence-electron chi connectivity index (χ2n) is 4.80. The normalized spacial score (nSPS) is 15.5. The zero-order chi connectivity index (χ0) is 12.9. The smallest absolute Gasteiger partial charge is 0.176 e. The summed E-state index contributed by atoms with van der Waals surface area (Å²) in [5.74, 6) is 2.55. The standard InChI is InChI=1S/C15H18N2O2/c1-3-7-13(8-4-1)18-12-14-11-15(16-19-14)17-9-5-2-6-10-17/h1,3-4,7-8,11H,2,5-6,9-10,12H2. The molecular weight excluding hydrogens is 240 g/mol. The van der Waals surface area contributed by atoms with Crippen molar-refractivity contribution >= 4 is 5.82 Å². The molecule has 2 heterocycles. The SMILES string of the molecule is c1ccc(OCc2cc(N3CCCCC3)no2)cc1. The number of benzene rings is 1. The van der Waals surface area contributed by atoms with Crippen LogP contribution in [-0.4, -0.2) is 18.2 Å². The van der Waals surface area contributed by atoms with E-state index in [1.165, 1.54) is 19.3 Å². The van der Waals surface area contributed by atoms with Crippen molar-refractivity contribution in [2.75, 3.05) is 18.0 Å². The summed E-state index contributed by atoms with van der Waals surface area (Å²) in [6.07, 6.45) is 3.80. The first-order valence-corrected chi connectivity index (χ1v) is 6.80. The van der Waals surface area contributed by atoms with Crippen molar-refractivity contribution in [1.82, 2.24) is 5.16 Å². The number of para-hydroxylation sites is 1. The molecule has 2 aromatic rings. The molecule has 0 spiro atoms. The van der Waals surface area contributed by atoms with Gasteiger partial charge in [0.25, 0.3) is 0 Å². The van der Waals surface area contributed by atoms with E-state index in [2.05, 4.69) is 10.1 Å². The minimum Gasteiger partial charge on any atom is -0.486 e. The van der Waals surface area contributed by atoms with Gasteiger partial charge in [0.15, 0.2) is 11.6 Å². The second kappa shape index (κ2) is 5.78. The number of rotatable bonds is 4. The summed E-state index contributed by atoms with van der Waals surface area (Å²) in [5, 5.41) is 4.12. The van der Waals surface area contributed by atoms with Crippen LogP contribution in [-0.2, 0) is 6.61 Å². The summed E-state index contributed by atoms with van der Waals surface area (Å²) in [4.78, 5) is 2.28. The van der Waals surface area contributed by atoms with Crippen LogP contribution in [0.5, 0.6) is 5.75 Å². The Morgan fingerprint density at radius 3 is 2.68 bits per heavy atom. The monoisotopic (exact) mass is 258 g/mol. The van der Waals surface area contributed by atoms with E-state index in [-0.39, 0.29) is 0 Å². The third-order valence-corrected chi connectivity index (χ3v) is 3.35. The topological polar surface area (TPSA) is 38.5 Å². The van der Waals surface area contributed by atoms with Crippen molar-refractivity contribution in [3.05, 3.63) is 42.2 Å². The number of ether oxygens (including phenoxy) is 1. The number of aromatic nitrogens is 1. The maximum absolute atomic E-state index is 5.64. The average molecular weight is 258 g/mol. The van der Waals surface area contributed by atoms with Crippen molar-refractivity contribution in [2.45, 2.75) is 25.9 Å². The van der Waals surface area contributed by atoms with Crippen molar-refractivity contribution in [3.8, 4) is 5.75 Å². The lowest BCUT2D eigenvalue weighted by Crippen LogP contribution is -2.29. The van der Waals surface area contributed by atoms with Crippen LogP contribution in [0.3, 0.4) is 0 Å². The Hall–Kier alpha value is -1.97. The van der Waals surface area contributed by atoms with Gasteiger partial charge < -0.3 is 14.2 Å². The zero-order valence-electron chi connectivity index (χ0n) is 10.9. The molecule has 1 aromatic heterocycles. The van der Waals surface area contributed by atoms with Crippen molar-refractivity contribution in [1.29, 1.82) is 0 Å². The molecule has 19 heavy (non-hydrogen) atoms. The van der Waals surface area contributed by atoms with Crippen molar-refractivity contribution < 1.29 is 9.26 Å². The van der Waals surface area contributed by atoms with E-state index in [9.17, 15) is 0 Å². The van der Waals surface area contributed by atoms with E-state index in [4.69, 9.17) is 9.26 Å². The highest BCUT2D eigenvalue weighted by molar-refractivity contribution is 5.38. The number of hydrogen-bond donors (Lipinski definition) is 0. The molecule has 1 saturated heterocycles. The van der Waals surface area contributed by atoms with Gasteiger partial charge >= 0.3 is 0 Å². The van der Waals surface area contributed by atoms with Gasteiger partial charge in [-0.1, -0.05) is 23.4 Å². The zero-order valence-corrected chi connectivity index (χ0v) is 10.9. The average Bonchev–Trinajstić information content (AvgIpc) is 2.96. The summed E-state index contributed by atoms with van der Waals surface area (Å²) in [6, 6.07) is 11.7. The number of hydrogen-bond acceptors (Lipinski definition) is 4. The van der Waals surface area contributed by atoms with Crippen molar-refractivity contribution in [3.63, 3.8) is 0 Å². The summed E-state index contributed by atoms with van der Waals surface area (Å²) in [7, 11) is 0. The lowest BCUT2D eigenvalue weighted by molar-refractivity contribution is 0.249. The molecule has 1 aliphatic rings. The van der Waals surface area contributed by atoms with Gasteiger partial charge in [0.2, 0.25) is 0 Å². The highest BCUT2D eigenvalue weighted by atomic mass is 16.5. The van der Waals surface area contributed by atoms with Gasteiger partial charge in [0.05, 0.1) is 0 Å². The molecule has 1 aliphatic heterocycles. The molecule has 4 nitrogen and oxygen atoms in total. The van der Waals surface area contributed by atoms with Crippen LogP contribution < -0.4 is 9.64 Å². The lowest BCUT2D eigenvalue weighted by atomic mass is 10.1. The van der Waals surface area contributed by atoms with Gasteiger partial charge in [-0.15, -0.1) is 0 Å². The van der Waals surface area contributed by atoms with Crippen LogP contribution in [0.4, 0.5) is 5.82 Å². The fourth-order valence-corrected chi connectivity index (χ4v) is 2.31. The molecule has 3 rings (SSSR count). The summed E-state index contributed by atoms with van der Waals surface area (Å²) in [5.41, 5.74) is 0. The highest BCUT2D eigenvalue weighted by Crippen LogP contribution is 2.20. The number of nitrogens with zero attached hydrogens (tertiary/aromatic N) is 2. The van der Waals surface area contributed by atoms with Crippen LogP contribution in [0, 0.1) is 0 Å². The van der Waals surface area contributed by atoms with Crippen LogP contribution >= 0.6 is 0 Å². The highest BCUT2D eigenvalue weighted by Gasteiger charge is 2.15. The van der Waals surface area contributed by atoms with Crippen molar-refractivity contribution in [2.24, 2.45) is 0 Å². The van der Waals surface area contributed by atoms with Crippen LogP contribution in [0.25, 0.3) is 0 Å². The Morgan fingerprint density at radius 2 is 1.89 bits per heavy atom. The maximum atomic E-state index is 5.64. The Kier molecular flexibility index (Phi) is 3.68. The van der Waals surface area contributed by atoms with Gasteiger partial charge in [0.1, 0.15) is 12.4 Å². The minimum absolute atomic E-state index is 0.421. The summed E-state index contributed by atoms with van der Waals surface area (Å²) < 4.78 is 11.0. The predicted molar refractivity (Wildman–Crippen MR) is 73.3 cm³/mol. The quantitative estimate of drug-likeness (QED) is 0.843. The van der Waals surface area contributed by atoms with Gasteiger partial charge in [-0.2, -0.15) is 0 Å². The maximum Gasteiger partial charge on any atom is 0.176 e. The molecule has 0 amide bonds. The molecule has 0 atom stereocenters. The fraction of sp³-hybridized carbons (Fsp3) is 0.400. The molecule has 0 saturated carbocycles. The van der Waals surface area contributed by atoms with Gasteiger partial charge in [-0.05, 0) is 31.4 Å². The molecule has 1 aromatic carbocycles. The lowest BCUT2D eigenvalue weighted by Gasteiger charge is -2.25. The largest absolute Gasteiger partial charge is 0.486 e. The number of anilines is 1. The predicted octanol–water partition coefficient (Wildman–Crippen LogP) is 3.24. The van der Waals surface area contributed by atoms with Crippen LogP contribution in [0.15, 0.2) is 40.9 Å². The molecule has 0 radical (unpaired) electrons. The molecular formula is C15H18N2O2. The molecule has 0 bridgehead atoms. The second-order valence-corrected chi connectivity index (χ2v) is 4.80. The summed E-state index contributed by atoms with van der Waals surface area (Å²) in [6.45, 7) is 2.57. The Morgan fingerprint density at radius 1 is 1.11 bits per heavy atom. The minimum atomic E-state index is 0.421. The fourth-order valence-electron chi connectivity index (χ4n) is 2.31. The van der Waals surface area contributed by atoms with Gasteiger partial charge in [-0.25, -0.2) is 0 Å². The third kappa shape index (κ3) is 3.08. The van der Waals surface area contributed by atoms with E-state index < -0.39 is 0 Å². The molecule has 4 heteroatoms. The summed E-state index contributed by atoms with van der Waals surface area (Å²) >= 11 is 0. The Bertz CT molecular complexity index is 504. The molecule has 100 valence electrons. The number of piperidine rings is 1. The molecule has 0 aliphatic carbocycles. The molecule has 0 unspecified atom stereocenters. The first-order valence-electron chi connectivity index (χ1n) is 6.80. The van der Waals surface area contributed by atoms with E-state index in [1.54, 1.807) is 0 Å².